The maximum Gasteiger partial charge on any atom is 0.317 e. The molecule has 0 atom stereocenters. The number of nitrogens with two attached hydrogens (primary N) is 1. The van der Waals surface area contributed by atoms with Crippen molar-refractivity contribution in [2.75, 3.05) is 12.8 Å². The summed E-state index contributed by atoms with van der Waals surface area (Å²) in [5, 5.41) is 0. The molecule has 1 aliphatic rings. The molecule has 4 nitrogen and oxygen atoms in total. The number of carbonyl (C=O) groups excluding carboxylic acids is 1. The van der Waals surface area contributed by atoms with E-state index in [2.05, 4.69) is 4.99 Å². The number of nitrogen functional groups attached to an aromatic ring is 1. The second-order valence-electron chi connectivity index (χ2n) is 3.08. The van der Waals surface area contributed by atoms with Crippen LogP contribution in [0, 0.1) is 0 Å². The van der Waals surface area contributed by atoms with E-state index in [0.717, 1.165) is 11.3 Å². The van der Waals surface area contributed by atoms with Crippen LogP contribution in [0.2, 0.25) is 0 Å². The molecule has 0 aromatic heterocycles. The van der Waals surface area contributed by atoms with Crippen molar-refractivity contribution in [3.8, 4) is 5.75 Å². The molecule has 0 saturated heterocycles. The molecule has 1 heterocycles. The van der Waals surface area contributed by atoms with E-state index in [1.807, 2.05) is 6.07 Å². The van der Waals surface area contributed by atoms with Crippen molar-refractivity contribution >= 4 is 17.4 Å². The first-order valence-corrected chi connectivity index (χ1v) is 4.27. The van der Waals surface area contributed by atoms with E-state index in [1.165, 1.54) is 0 Å². The van der Waals surface area contributed by atoms with Crippen LogP contribution in [0.15, 0.2) is 23.2 Å². The lowest BCUT2D eigenvalue weighted by molar-refractivity contribution is -0.133. The monoisotopic (exact) mass is 190 g/mol. The van der Waals surface area contributed by atoms with Crippen LogP contribution < -0.4 is 10.5 Å². The first-order valence-electron chi connectivity index (χ1n) is 4.27. The topological polar surface area (TPSA) is 64.7 Å². The summed E-state index contributed by atoms with van der Waals surface area (Å²) >= 11 is 0. The van der Waals surface area contributed by atoms with Crippen LogP contribution in [0.4, 0.5) is 5.69 Å². The lowest BCUT2D eigenvalue weighted by atomic mass is 10.0. The molecular weight excluding hydrogens is 180 g/mol. The molecule has 72 valence electrons. The molecule has 2 rings (SSSR count). The van der Waals surface area contributed by atoms with Gasteiger partial charge in [-0.3, -0.25) is 9.79 Å². The second-order valence-corrected chi connectivity index (χ2v) is 3.08. The summed E-state index contributed by atoms with van der Waals surface area (Å²) < 4.78 is 5.04. The van der Waals surface area contributed by atoms with Gasteiger partial charge in [-0.25, -0.2) is 0 Å². The first-order chi connectivity index (χ1) is 6.70. The standard InChI is InChI=1S/C10H10N2O2/c1-12-8-5-10(13)14-9-4-6(11)2-3-7(8)9/h2-4H,5,11H2,1H3. The number of ether oxygens (including phenoxy) is 1. The van der Waals surface area contributed by atoms with Gasteiger partial charge in [-0.2, -0.15) is 0 Å². The largest absolute Gasteiger partial charge is 0.425 e. The van der Waals surface area contributed by atoms with Gasteiger partial charge < -0.3 is 10.5 Å². The number of esters is 1. The van der Waals surface area contributed by atoms with Crippen molar-refractivity contribution in [1.82, 2.24) is 0 Å². The summed E-state index contributed by atoms with van der Waals surface area (Å²) in [5.41, 5.74) is 7.76. The highest BCUT2D eigenvalue weighted by Gasteiger charge is 2.22. The highest BCUT2D eigenvalue weighted by Crippen LogP contribution is 2.27. The molecule has 4 heteroatoms. The number of carbonyl (C=O) groups is 1. The Hall–Kier alpha value is -1.84. The van der Waals surface area contributed by atoms with E-state index < -0.39 is 0 Å². The maximum atomic E-state index is 11.2. The van der Waals surface area contributed by atoms with E-state index in [-0.39, 0.29) is 12.4 Å². The van der Waals surface area contributed by atoms with Crippen molar-refractivity contribution in [1.29, 1.82) is 0 Å². The Kier molecular flexibility index (Phi) is 1.96. The molecule has 0 bridgehead atoms. The number of benzene rings is 1. The van der Waals surface area contributed by atoms with Crippen molar-refractivity contribution < 1.29 is 9.53 Å². The molecule has 0 radical (unpaired) electrons. The van der Waals surface area contributed by atoms with Crippen LogP contribution in [0.5, 0.6) is 5.75 Å². The van der Waals surface area contributed by atoms with Gasteiger partial charge in [-0.15, -0.1) is 0 Å². The van der Waals surface area contributed by atoms with Gasteiger partial charge in [0.1, 0.15) is 5.75 Å². The van der Waals surface area contributed by atoms with E-state index in [0.29, 0.717) is 11.4 Å². The molecule has 0 aliphatic carbocycles. The Morgan fingerprint density at radius 2 is 2.29 bits per heavy atom. The van der Waals surface area contributed by atoms with Gasteiger partial charge >= 0.3 is 5.97 Å². The number of aliphatic imine (C=N–C) groups is 1. The van der Waals surface area contributed by atoms with E-state index in [9.17, 15) is 4.79 Å². The molecule has 0 spiro atoms. The lowest BCUT2D eigenvalue weighted by Gasteiger charge is -2.17. The number of fused-ring (bicyclic) bond motifs is 1. The molecule has 0 saturated carbocycles. The molecule has 1 aromatic rings. The van der Waals surface area contributed by atoms with Gasteiger partial charge in [0.25, 0.3) is 0 Å². The Labute approximate surface area is 81.4 Å². The molecular formula is C10H10N2O2. The zero-order valence-corrected chi connectivity index (χ0v) is 7.78. The van der Waals surface area contributed by atoms with Crippen LogP contribution in [0.3, 0.4) is 0 Å². The van der Waals surface area contributed by atoms with E-state index in [4.69, 9.17) is 10.5 Å². The first kappa shape index (κ1) is 8.74. The van der Waals surface area contributed by atoms with Gasteiger partial charge in [0.2, 0.25) is 0 Å². The third kappa shape index (κ3) is 1.35. The number of nitrogens with zero attached hydrogens (tertiary/aromatic N) is 1. The van der Waals surface area contributed by atoms with Crippen molar-refractivity contribution in [3.63, 3.8) is 0 Å². The summed E-state index contributed by atoms with van der Waals surface area (Å²) in [4.78, 5) is 15.2. The molecule has 14 heavy (non-hydrogen) atoms. The smallest absolute Gasteiger partial charge is 0.317 e. The summed E-state index contributed by atoms with van der Waals surface area (Å²) in [6.07, 6.45) is 0.230. The van der Waals surface area contributed by atoms with Gasteiger partial charge in [0.15, 0.2) is 0 Å². The van der Waals surface area contributed by atoms with Crippen LogP contribution in [0.1, 0.15) is 12.0 Å². The fourth-order valence-electron chi connectivity index (χ4n) is 1.45. The van der Waals surface area contributed by atoms with Gasteiger partial charge in [0, 0.05) is 24.4 Å². The quantitative estimate of drug-likeness (QED) is 0.377. The molecule has 1 aromatic carbocycles. The van der Waals surface area contributed by atoms with Crippen LogP contribution in [-0.4, -0.2) is 18.7 Å². The predicted octanol–water partition coefficient (Wildman–Crippen LogP) is 0.997. The Bertz CT molecular complexity index is 424. The maximum absolute atomic E-state index is 11.2. The molecule has 0 fully saturated rings. The highest BCUT2D eigenvalue weighted by molar-refractivity contribution is 6.14. The Balaban J connectivity index is 2.57. The van der Waals surface area contributed by atoms with Crippen molar-refractivity contribution in [3.05, 3.63) is 23.8 Å². The zero-order chi connectivity index (χ0) is 10.1. The summed E-state index contributed by atoms with van der Waals surface area (Å²) in [7, 11) is 1.66. The van der Waals surface area contributed by atoms with Gasteiger partial charge in [-0.05, 0) is 12.1 Å². The number of anilines is 1. The van der Waals surface area contributed by atoms with Crippen LogP contribution in [-0.2, 0) is 4.79 Å². The minimum absolute atomic E-state index is 0.230. The molecule has 2 N–H and O–H groups in total. The third-order valence-electron chi connectivity index (χ3n) is 2.12. The van der Waals surface area contributed by atoms with E-state index >= 15 is 0 Å². The lowest BCUT2D eigenvalue weighted by Crippen LogP contribution is -2.22. The summed E-state index contributed by atoms with van der Waals surface area (Å²) in [6, 6.07) is 5.22. The number of hydrogen-bond acceptors (Lipinski definition) is 4. The van der Waals surface area contributed by atoms with Crippen LogP contribution >= 0.6 is 0 Å². The average Bonchev–Trinajstić information content (AvgIpc) is 2.15. The van der Waals surface area contributed by atoms with Gasteiger partial charge in [-0.1, -0.05) is 0 Å². The van der Waals surface area contributed by atoms with Crippen molar-refractivity contribution in [2.45, 2.75) is 6.42 Å². The predicted molar refractivity (Wildman–Crippen MR) is 53.6 cm³/mol. The normalized spacial score (nSPS) is 17.8. The van der Waals surface area contributed by atoms with Crippen LogP contribution in [0.25, 0.3) is 0 Å². The third-order valence-corrected chi connectivity index (χ3v) is 2.12. The fourth-order valence-corrected chi connectivity index (χ4v) is 1.45. The molecule has 1 aliphatic heterocycles. The van der Waals surface area contributed by atoms with Crippen molar-refractivity contribution in [2.24, 2.45) is 4.99 Å². The Morgan fingerprint density at radius 1 is 1.50 bits per heavy atom. The fraction of sp³-hybridized carbons (Fsp3) is 0.200. The SMILES string of the molecule is CN=C1CC(=O)Oc2cc(N)ccc21. The molecule has 0 unspecified atom stereocenters. The minimum Gasteiger partial charge on any atom is -0.425 e. The Morgan fingerprint density at radius 3 is 3.00 bits per heavy atom. The highest BCUT2D eigenvalue weighted by atomic mass is 16.5. The minimum atomic E-state index is -0.288. The number of hydrogen-bond donors (Lipinski definition) is 1. The number of rotatable bonds is 0. The zero-order valence-electron chi connectivity index (χ0n) is 7.78. The molecule has 0 amide bonds. The summed E-state index contributed by atoms with van der Waals surface area (Å²) in [5.74, 6) is 0.213. The average molecular weight is 190 g/mol. The summed E-state index contributed by atoms with van der Waals surface area (Å²) in [6.45, 7) is 0. The van der Waals surface area contributed by atoms with Gasteiger partial charge in [0.05, 0.1) is 12.1 Å². The van der Waals surface area contributed by atoms with E-state index in [1.54, 1.807) is 19.2 Å². The second kappa shape index (κ2) is 3.14.